The summed E-state index contributed by atoms with van der Waals surface area (Å²) >= 11 is 1.75. The molecule has 0 saturated carbocycles. The van der Waals surface area contributed by atoms with E-state index in [1.165, 1.54) is 15.6 Å². The van der Waals surface area contributed by atoms with Crippen LogP contribution in [0.25, 0.3) is 21.1 Å². The van der Waals surface area contributed by atoms with Crippen LogP contribution in [0.3, 0.4) is 0 Å². The van der Waals surface area contributed by atoms with Gasteiger partial charge in [-0.2, -0.15) is 0 Å². The molecule has 3 heterocycles. The van der Waals surface area contributed by atoms with Gasteiger partial charge in [0, 0.05) is 19.0 Å². The van der Waals surface area contributed by atoms with E-state index in [1.807, 2.05) is 42.2 Å². The minimum atomic E-state index is -0.165. The Labute approximate surface area is 177 Å². The smallest absolute Gasteiger partial charge is 0.261 e. The van der Waals surface area contributed by atoms with Crippen LogP contribution in [0.4, 0.5) is 0 Å². The summed E-state index contributed by atoms with van der Waals surface area (Å²) in [7, 11) is 0. The second-order valence-electron chi connectivity index (χ2n) is 7.82. The lowest BCUT2D eigenvalue weighted by molar-refractivity contribution is -0.132. The Bertz CT molecular complexity index is 1270. The molecule has 30 heavy (non-hydrogen) atoms. The first kappa shape index (κ1) is 18.9. The number of aryl methyl sites for hydroxylation is 1. The van der Waals surface area contributed by atoms with Crippen molar-refractivity contribution in [3.05, 3.63) is 69.7 Å². The molecule has 2 aromatic heterocycles. The van der Waals surface area contributed by atoms with Gasteiger partial charge in [-0.15, -0.1) is 11.3 Å². The van der Waals surface area contributed by atoms with Crippen LogP contribution in [-0.4, -0.2) is 38.4 Å². The summed E-state index contributed by atoms with van der Waals surface area (Å²) in [4.78, 5) is 36.6. The van der Waals surface area contributed by atoms with Crippen LogP contribution in [0.5, 0.6) is 0 Å². The molecule has 0 unspecified atom stereocenters. The summed E-state index contributed by atoms with van der Waals surface area (Å²) in [5.41, 5.74) is 2.54. The standard InChI is InChI=1S/C23H22N4O2S/c1-15-5-4-6-17-21(15)24-14-27(23(17)29)13-20(28)26-11-9-16(10-12-26)22-25-18-7-2-3-8-19(18)30-22/h2-8,14,16H,9-13H2,1H3. The van der Waals surface area contributed by atoms with Gasteiger partial charge in [0.25, 0.3) is 5.56 Å². The molecular formula is C23H22N4O2S. The minimum absolute atomic E-state index is 0.0293. The summed E-state index contributed by atoms with van der Waals surface area (Å²) < 4.78 is 2.63. The molecule has 1 aliphatic rings. The van der Waals surface area contributed by atoms with Crippen molar-refractivity contribution in [3.63, 3.8) is 0 Å². The Morgan fingerprint density at radius 1 is 1.13 bits per heavy atom. The van der Waals surface area contributed by atoms with E-state index in [4.69, 9.17) is 4.98 Å². The van der Waals surface area contributed by atoms with Crippen molar-refractivity contribution in [1.29, 1.82) is 0 Å². The van der Waals surface area contributed by atoms with Gasteiger partial charge in [0.1, 0.15) is 6.54 Å². The molecule has 6 nitrogen and oxygen atoms in total. The number of rotatable bonds is 3. The second kappa shape index (κ2) is 7.65. The Morgan fingerprint density at radius 2 is 1.93 bits per heavy atom. The molecule has 0 N–H and O–H groups in total. The molecule has 1 saturated heterocycles. The number of fused-ring (bicyclic) bond motifs is 2. The lowest BCUT2D eigenvalue weighted by Crippen LogP contribution is -2.41. The van der Waals surface area contributed by atoms with E-state index in [2.05, 4.69) is 11.1 Å². The van der Waals surface area contributed by atoms with Crippen LogP contribution in [0.15, 0.2) is 53.6 Å². The van der Waals surface area contributed by atoms with Crippen molar-refractivity contribution in [2.75, 3.05) is 13.1 Å². The van der Waals surface area contributed by atoms with Gasteiger partial charge in [-0.05, 0) is 43.5 Å². The van der Waals surface area contributed by atoms with Gasteiger partial charge in [-0.3, -0.25) is 14.2 Å². The number of piperidine rings is 1. The average molecular weight is 419 g/mol. The highest BCUT2D eigenvalue weighted by Crippen LogP contribution is 2.33. The number of carbonyl (C=O) groups is 1. The fourth-order valence-electron chi connectivity index (χ4n) is 4.14. The minimum Gasteiger partial charge on any atom is -0.341 e. The molecule has 152 valence electrons. The topological polar surface area (TPSA) is 68.1 Å². The van der Waals surface area contributed by atoms with Crippen molar-refractivity contribution in [3.8, 4) is 0 Å². The fraction of sp³-hybridized carbons (Fsp3) is 0.304. The zero-order valence-corrected chi connectivity index (χ0v) is 17.6. The maximum absolute atomic E-state index is 12.8. The Balaban J connectivity index is 1.27. The first-order chi connectivity index (χ1) is 14.6. The van der Waals surface area contributed by atoms with Crippen LogP contribution in [0, 0.1) is 6.92 Å². The second-order valence-corrected chi connectivity index (χ2v) is 8.89. The third-order valence-electron chi connectivity index (χ3n) is 5.87. The number of para-hydroxylation sites is 2. The summed E-state index contributed by atoms with van der Waals surface area (Å²) in [5, 5.41) is 1.72. The van der Waals surface area contributed by atoms with Crippen LogP contribution in [-0.2, 0) is 11.3 Å². The number of aromatic nitrogens is 3. The van der Waals surface area contributed by atoms with E-state index >= 15 is 0 Å². The van der Waals surface area contributed by atoms with Gasteiger partial charge in [0.05, 0.1) is 32.5 Å². The van der Waals surface area contributed by atoms with Crippen LogP contribution in [0.2, 0.25) is 0 Å². The van der Waals surface area contributed by atoms with E-state index in [0.29, 0.717) is 29.9 Å². The SMILES string of the molecule is Cc1cccc2c(=O)n(CC(=O)N3CCC(c4nc5ccccc5s4)CC3)cnc12. The Morgan fingerprint density at radius 3 is 2.73 bits per heavy atom. The maximum Gasteiger partial charge on any atom is 0.261 e. The van der Waals surface area contributed by atoms with Gasteiger partial charge < -0.3 is 4.90 Å². The van der Waals surface area contributed by atoms with Gasteiger partial charge in [0.15, 0.2) is 0 Å². The largest absolute Gasteiger partial charge is 0.341 e. The van der Waals surface area contributed by atoms with Crippen LogP contribution in [0.1, 0.15) is 29.3 Å². The first-order valence-electron chi connectivity index (χ1n) is 10.2. The highest BCUT2D eigenvalue weighted by atomic mass is 32.1. The third kappa shape index (κ3) is 3.39. The number of amides is 1. The quantitative estimate of drug-likeness (QED) is 0.509. The Kier molecular flexibility index (Phi) is 4.83. The normalized spacial score (nSPS) is 15.2. The van der Waals surface area contributed by atoms with Crippen molar-refractivity contribution < 1.29 is 4.79 Å². The van der Waals surface area contributed by atoms with E-state index in [0.717, 1.165) is 28.9 Å². The molecule has 7 heteroatoms. The number of nitrogens with zero attached hydrogens (tertiary/aromatic N) is 4. The monoisotopic (exact) mass is 418 g/mol. The number of likely N-dealkylation sites (tertiary alicyclic amines) is 1. The lowest BCUT2D eigenvalue weighted by atomic mass is 9.97. The zero-order chi connectivity index (χ0) is 20.7. The van der Waals surface area contributed by atoms with E-state index in [1.54, 1.807) is 17.4 Å². The average Bonchev–Trinajstić information content (AvgIpc) is 3.20. The number of hydrogen-bond acceptors (Lipinski definition) is 5. The molecule has 0 bridgehead atoms. The number of thiazole rings is 1. The van der Waals surface area contributed by atoms with E-state index in [9.17, 15) is 9.59 Å². The number of benzene rings is 2. The van der Waals surface area contributed by atoms with Gasteiger partial charge in [-0.25, -0.2) is 9.97 Å². The third-order valence-corrected chi connectivity index (χ3v) is 7.07. The van der Waals surface area contributed by atoms with E-state index < -0.39 is 0 Å². The molecular weight excluding hydrogens is 396 g/mol. The molecule has 0 atom stereocenters. The number of carbonyl (C=O) groups excluding carboxylic acids is 1. The van der Waals surface area contributed by atoms with Crippen LogP contribution >= 0.6 is 11.3 Å². The van der Waals surface area contributed by atoms with Crippen molar-refractivity contribution in [2.45, 2.75) is 32.2 Å². The molecule has 0 spiro atoms. The van der Waals surface area contributed by atoms with Crippen molar-refractivity contribution in [2.24, 2.45) is 0 Å². The highest BCUT2D eigenvalue weighted by Gasteiger charge is 2.26. The van der Waals surface area contributed by atoms with E-state index in [-0.39, 0.29) is 18.0 Å². The predicted octanol–water partition coefficient (Wildman–Crippen LogP) is 3.72. The summed E-state index contributed by atoms with van der Waals surface area (Å²) in [6, 6.07) is 13.7. The highest BCUT2D eigenvalue weighted by molar-refractivity contribution is 7.18. The number of hydrogen-bond donors (Lipinski definition) is 0. The molecule has 2 aromatic carbocycles. The summed E-state index contributed by atoms with van der Waals surface area (Å²) in [6.07, 6.45) is 3.29. The fourth-order valence-corrected chi connectivity index (χ4v) is 5.27. The Hall–Kier alpha value is -3.06. The first-order valence-corrected chi connectivity index (χ1v) is 11.0. The van der Waals surface area contributed by atoms with Crippen LogP contribution < -0.4 is 5.56 Å². The molecule has 1 fully saturated rings. The summed E-state index contributed by atoms with van der Waals surface area (Å²) in [6.45, 7) is 3.34. The maximum atomic E-state index is 12.8. The van der Waals surface area contributed by atoms with Gasteiger partial charge in [-0.1, -0.05) is 24.3 Å². The van der Waals surface area contributed by atoms with Gasteiger partial charge in [0.2, 0.25) is 5.91 Å². The molecule has 1 aliphatic heterocycles. The molecule has 0 aliphatic carbocycles. The van der Waals surface area contributed by atoms with Crippen molar-refractivity contribution >= 4 is 38.4 Å². The van der Waals surface area contributed by atoms with Crippen molar-refractivity contribution in [1.82, 2.24) is 19.4 Å². The molecule has 0 radical (unpaired) electrons. The predicted molar refractivity (Wildman–Crippen MR) is 119 cm³/mol. The summed E-state index contributed by atoms with van der Waals surface area (Å²) in [5.74, 6) is 0.355. The van der Waals surface area contributed by atoms with Gasteiger partial charge >= 0.3 is 0 Å². The molecule has 5 rings (SSSR count). The zero-order valence-electron chi connectivity index (χ0n) is 16.7. The molecule has 1 amide bonds. The lowest BCUT2D eigenvalue weighted by Gasteiger charge is -2.31. The molecule has 4 aromatic rings.